The largest absolute Gasteiger partial charge is 0.466 e. The number of nitrogens with zero attached hydrogens (tertiary/aromatic N) is 2. The first-order chi connectivity index (χ1) is 11.5. The Labute approximate surface area is 148 Å². The Balaban J connectivity index is 1.69. The molecule has 0 saturated heterocycles. The van der Waals surface area contributed by atoms with E-state index in [0.717, 1.165) is 32.4 Å². The zero-order valence-electron chi connectivity index (χ0n) is 14.9. The van der Waals surface area contributed by atoms with Crippen molar-refractivity contribution in [1.82, 2.24) is 4.90 Å². The van der Waals surface area contributed by atoms with Crippen LogP contribution in [-0.2, 0) is 4.74 Å². The fourth-order valence-corrected chi connectivity index (χ4v) is 4.05. The van der Waals surface area contributed by atoms with E-state index in [1.807, 2.05) is 0 Å². The lowest BCUT2D eigenvalue weighted by Crippen LogP contribution is -2.31. The van der Waals surface area contributed by atoms with Crippen molar-refractivity contribution in [2.45, 2.75) is 57.8 Å². The minimum absolute atomic E-state index is 0.332. The number of aliphatic imine (C=N–C) groups is 1. The van der Waals surface area contributed by atoms with E-state index in [0.29, 0.717) is 5.23 Å². The fraction of sp³-hybridized carbons (Fsp3) is 0.833. The molecule has 6 heteroatoms. The van der Waals surface area contributed by atoms with Crippen molar-refractivity contribution in [3.05, 3.63) is 11.0 Å². The van der Waals surface area contributed by atoms with E-state index in [4.69, 9.17) is 4.74 Å². The summed E-state index contributed by atoms with van der Waals surface area (Å²) in [5.41, 5.74) is 0. The van der Waals surface area contributed by atoms with Crippen LogP contribution in [-0.4, -0.2) is 49.3 Å². The number of ether oxygens (including phenoxy) is 1. The summed E-state index contributed by atoms with van der Waals surface area (Å²) in [4.78, 5) is 7.63. The minimum Gasteiger partial charge on any atom is -0.466 e. The third-order valence-corrected chi connectivity index (χ3v) is 5.79. The zero-order valence-corrected chi connectivity index (χ0v) is 15.7. The van der Waals surface area contributed by atoms with Crippen LogP contribution >= 0.6 is 11.8 Å². The van der Waals surface area contributed by atoms with E-state index in [-0.39, 0.29) is 0 Å². The van der Waals surface area contributed by atoms with Crippen molar-refractivity contribution in [2.75, 3.05) is 33.3 Å². The molecule has 0 radical (unpaired) electrons. The second kappa shape index (κ2) is 9.76. The lowest BCUT2D eigenvalue weighted by atomic mass is 9.87. The summed E-state index contributed by atoms with van der Waals surface area (Å²) in [5.74, 6) is -1.91. The first kappa shape index (κ1) is 19.7. The van der Waals surface area contributed by atoms with Gasteiger partial charge < -0.3 is 4.74 Å². The zero-order chi connectivity index (χ0) is 17.4. The normalized spacial score (nSPS) is 21.7. The highest BCUT2D eigenvalue weighted by Gasteiger charge is 2.24. The molecule has 24 heavy (non-hydrogen) atoms. The number of hydrogen-bond donors (Lipinski definition) is 0. The van der Waals surface area contributed by atoms with Gasteiger partial charge in [-0.05, 0) is 42.0 Å². The first-order valence-electron chi connectivity index (χ1n) is 9.03. The molecule has 0 N–H and O–H groups in total. The fourth-order valence-electron chi connectivity index (χ4n) is 3.27. The third kappa shape index (κ3) is 7.51. The molecular formula is C18H30F2N2OS. The van der Waals surface area contributed by atoms with Gasteiger partial charge in [0.25, 0.3) is 5.92 Å². The van der Waals surface area contributed by atoms with Crippen LogP contribution in [0.25, 0.3) is 0 Å². The lowest BCUT2D eigenvalue weighted by Gasteiger charge is -2.29. The van der Waals surface area contributed by atoms with E-state index in [1.165, 1.54) is 61.7 Å². The molecule has 138 valence electrons. The van der Waals surface area contributed by atoms with E-state index in [9.17, 15) is 8.78 Å². The quantitative estimate of drug-likeness (QED) is 0.495. The molecule has 1 fully saturated rings. The predicted molar refractivity (Wildman–Crippen MR) is 97.9 cm³/mol. The van der Waals surface area contributed by atoms with Gasteiger partial charge in [0.05, 0.1) is 0 Å². The van der Waals surface area contributed by atoms with E-state index >= 15 is 0 Å². The average molecular weight is 361 g/mol. The Bertz CT molecular complexity index is 443. The van der Waals surface area contributed by atoms with Crippen molar-refractivity contribution < 1.29 is 13.5 Å². The number of thioether (sulfide) groups is 1. The molecule has 1 saturated carbocycles. The minimum atomic E-state index is -2.83. The van der Waals surface area contributed by atoms with Crippen LogP contribution in [0.5, 0.6) is 0 Å². The molecule has 1 aliphatic carbocycles. The predicted octanol–water partition coefficient (Wildman–Crippen LogP) is 4.94. The molecule has 2 aliphatic rings. The second-order valence-corrected chi connectivity index (χ2v) is 8.04. The maximum atomic E-state index is 12.9. The van der Waals surface area contributed by atoms with Gasteiger partial charge in [-0.2, -0.15) is 0 Å². The van der Waals surface area contributed by atoms with Crippen LogP contribution in [0.4, 0.5) is 8.78 Å². The lowest BCUT2D eigenvalue weighted by molar-refractivity contribution is -0.0257. The maximum Gasteiger partial charge on any atom is 0.278 e. The SMILES string of the molecule is C/N=C(/OCC(C)(F)F)SC1=CCN(CCC2CCCCC2)CC1. The Morgan fingerprint density at radius 2 is 2.12 bits per heavy atom. The maximum absolute atomic E-state index is 12.9. The van der Waals surface area contributed by atoms with Gasteiger partial charge in [0, 0.05) is 27.1 Å². The number of halogens is 2. The van der Waals surface area contributed by atoms with E-state index in [2.05, 4.69) is 16.0 Å². The summed E-state index contributed by atoms with van der Waals surface area (Å²) in [6, 6.07) is 0. The molecule has 0 amide bonds. The van der Waals surface area contributed by atoms with E-state index in [1.54, 1.807) is 7.05 Å². The van der Waals surface area contributed by atoms with Crippen molar-refractivity contribution in [2.24, 2.45) is 10.9 Å². The summed E-state index contributed by atoms with van der Waals surface area (Å²) < 4.78 is 30.9. The molecule has 3 nitrogen and oxygen atoms in total. The topological polar surface area (TPSA) is 24.8 Å². The van der Waals surface area contributed by atoms with Crippen LogP contribution < -0.4 is 0 Å². The van der Waals surface area contributed by atoms with Crippen molar-refractivity contribution >= 4 is 17.0 Å². The van der Waals surface area contributed by atoms with Crippen LogP contribution in [0.1, 0.15) is 51.9 Å². The number of rotatable bonds is 6. The number of hydrogen-bond acceptors (Lipinski definition) is 4. The first-order valence-corrected chi connectivity index (χ1v) is 9.84. The summed E-state index contributed by atoms with van der Waals surface area (Å²) >= 11 is 1.38. The second-order valence-electron chi connectivity index (χ2n) is 6.96. The molecular weight excluding hydrogens is 330 g/mol. The summed E-state index contributed by atoms with van der Waals surface area (Å²) in [7, 11) is 1.58. The van der Waals surface area contributed by atoms with E-state index < -0.39 is 12.5 Å². The van der Waals surface area contributed by atoms with Gasteiger partial charge >= 0.3 is 0 Å². The van der Waals surface area contributed by atoms with Gasteiger partial charge in [0.2, 0.25) is 5.23 Å². The van der Waals surface area contributed by atoms with Crippen molar-refractivity contribution in [3.8, 4) is 0 Å². The van der Waals surface area contributed by atoms with Crippen LogP contribution in [0.15, 0.2) is 16.0 Å². The molecule has 0 spiro atoms. The Morgan fingerprint density at radius 3 is 2.71 bits per heavy atom. The molecule has 1 heterocycles. The Kier molecular flexibility index (Phi) is 8.01. The van der Waals surface area contributed by atoms with Crippen molar-refractivity contribution in [1.29, 1.82) is 0 Å². The standard InChI is InChI=1S/C18H30F2N2OS/c1-18(19,20)14-23-17(21-2)24-16-9-12-22(13-10-16)11-8-15-6-4-3-5-7-15/h9,15H,3-8,10-14H2,1-2H3/b21-17-. The smallest absolute Gasteiger partial charge is 0.278 e. The van der Waals surface area contributed by atoms with Gasteiger partial charge in [-0.25, -0.2) is 13.8 Å². The summed E-state index contributed by atoms with van der Waals surface area (Å²) in [6.07, 6.45) is 11.5. The molecule has 0 aromatic rings. The van der Waals surface area contributed by atoms with Crippen molar-refractivity contribution in [3.63, 3.8) is 0 Å². The van der Waals surface area contributed by atoms with Gasteiger partial charge in [-0.3, -0.25) is 4.90 Å². The van der Waals surface area contributed by atoms with Crippen LogP contribution in [0.2, 0.25) is 0 Å². The van der Waals surface area contributed by atoms with Crippen LogP contribution in [0.3, 0.4) is 0 Å². The highest BCUT2D eigenvalue weighted by molar-refractivity contribution is 8.16. The molecule has 2 rings (SSSR count). The summed E-state index contributed by atoms with van der Waals surface area (Å²) in [6.45, 7) is 3.39. The van der Waals surface area contributed by atoms with Gasteiger partial charge in [-0.1, -0.05) is 38.2 Å². The summed E-state index contributed by atoms with van der Waals surface area (Å²) in [5, 5.41) is 0.332. The average Bonchev–Trinajstić information content (AvgIpc) is 2.58. The molecule has 1 aliphatic heterocycles. The van der Waals surface area contributed by atoms with Gasteiger partial charge in [-0.15, -0.1) is 0 Å². The third-order valence-electron chi connectivity index (χ3n) is 4.68. The monoisotopic (exact) mass is 360 g/mol. The molecule has 0 unspecified atom stereocenters. The number of alkyl halides is 2. The molecule has 0 atom stereocenters. The highest BCUT2D eigenvalue weighted by atomic mass is 32.2. The molecule has 0 aromatic heterocycles. The molecule has 0 bridgehead atoms. The Morgan fingerprint density at radius 1 is 1.38 bits per heavy atom. The van der Waals surface area contributed by atoms with Gasteiger partial charge in [0.1, 0.15) is 0 Å². The van der Waals surface area contributed by atoms with Crippen LogP contribution in [0, 0.1) is 5.92 Å². The molecule has 0 aromatic carbocycles. The van der Waals surface area contributed by atoms with Gasteiger partial charge in [0.15, 0.2) is 6.61 Å². The Hall–Kier alpha value is -0.620. The highest BCUT2D eigenvalue weighted by Crippen LogP contribution is 2.29.